The topological polar surface area (TPSA) is 166 Å². The van der Waals surface area contributed by atoms with Gasteiger partial charge in [-0.1, -0.05) is 12.5 Å². The molecule has 2 saturated carbocycles. The van der Waals surface area contributed by atoms with Crippen molar-refractivity contribution in [1.82, 2.24) is 0 Å². The number of ketones is 1. The molecule has 3 N–H and O–H groups in total. The lowest BCUT2D eigenvalue weighted by atomic mass is 9.38. The highest BCUT2D eigenvalue weighted by Crippen LogP contribution is 2.72. The Labute approximate surface area is 195 Å². The minimum atomic E-state index is -2.22. The average molecular weight is 480 g/mol. The van der Waals surface area contributed by atoms with Crippen molar-refractivity contribution in [1.29, 1.82) is 0 Å². The lowest BCUT2D eigenvalue weighted by Gasteiger charge is -2.67. The number of ether oxygens (including phenoxy) is 4. The Morgan fingerprint density at radius 1 is 1.18 bits per heavy atom. The van der Waals surface area contributed by atoms with E-state index in [0.717, 1.165) is 14.0 Å². The van der Waals surface area contributed by atoms with Crippen molar-refractivity contribution in [3.05, 3.63) is 11.6 Å². The predicted octanol–water partition coefficient (Wildman–Crippen LogP) is -1.34. The Morgan fingerprint density at radius 3 is 2.47 bits per heavy atom. The van der Waals surface area contributed by atoms with E-state index in [1.54, 1.807) is 13.8 Å². The monoisotopic (exact) mass is 480 g/mol. The fourth-order valence-electron chi connectivity index (χ4n) is 7.99. The molecule has 2 bridgehead atoms. The lowest BCUT2D eigenvalue weighted by molar-refractivity contribution is -0.298. The van der Waals surface area contributed by atoms with E-state index in [1.807, 2.05) is 0 Å². The van der Waals surface area contributed by atoms with Crippen LogP contribution in [0.4, 0.5) is 0 Å². The van der Waals surface area contributed by atoms with E-state index in [1.165, 1.54) is 6.08 Å². The Kier molecular flexibility index (Phi) is 4.88. The van der Waals surface area contributed by atoms with Gasteiger partial charge in [0.15, 0.2) is 5.78 Å². The maximum absolute atomic E-state index is 13.1. The molecule has 5 rings (SSSR count). The van der Waals surface area contributed by atoms with Crippen molar-refractivity contribution in [2.75, 3.05) is 13.7 Å². The number of esters is 3. The van der Waals surface area contributed by atoms with Gasteiger partial charge in [-0.05, 0) is 25.3 Å². The van der Waals surface area contributed by atoms with Gasteiger partial charge >= 0.3 is 17.9 Å². The normalized spacial score (nSPS) is 51.0. The first kappa shape index (κ1) is 23.4. The number of hydrogen-bond donors (Lipinski definition) is 3. The van der Waals surface area contributed by atoms with E-state index in [-0.39, 0.29) is 13.0 Å². The van der Waals surface area contributed by atoms with E-state index in [2.05, 4.69) is 0 Å². The molecule has 2 aliphatic heterocycles. The molecule has 11 nitrogen and oxygen atoms in total. The van der Waals surface area contributed by atoms with Gasteiger partial charge in [0, 0.05) is 23.7 Å². The highest BCUT2D eigenvalue weighted by molar-refractivity contribution is 5.96. The summed E-state index contributed by atoms with van der Waals surface area (Å²) in [6.07, 6.45) is -6.10. The molecule has 186 valence electrons. The van der Waals surface area contributed by atoms with Crippen LogP contribution in [0, 0.1) is 28.6 Å². The van der Waals surface area contributed by atoms with Crippen molar-refractivity contribution >= 4 is 23.7 Å². The fourth-order valence-corrected chi connectivity index (χ4v) is 7.99. The maximum atomic E-state index is 13.1. The first-order chi connectivity index (χ1) is 15.9. The third-order valence-electron chi connectivity index (χ3n) is 9.12. The number of fused-ring (bicyclic) bond motifs is 2. The minimum absolute atomic E-state index is 0.179. The highest BCUT2D eigenvalue weighted by atomic mass is 16.6. The summed E-state index contributed by atoms with van der Waals surface area (Å²) >= 11 is 0. The zero-order valence-electron chi connectivity index (χ0n) is 19.2. The molecule has 4 fully saturated rings. The summed E-state index contributed by atoms with van der Waals surface area (Å²) in [6.45, 7) is 4.21. The highest BCUT2D eigenvalue weighted by Gasteiger charge is 2.85. The van der Waals surface area contributed by atoms with Crippen LogP contribution in [0.25, 0.3) is 0 Å². The molecule has 0 aromatic rings. The van der Waals surface area contributed by atoms with Gasteiger partial charge in [-0.3, -0.25) is 9.59 Å². The molecule has 0 aromatic carbocycles. The number of carbonyl (C=O) groups is 4. The smallest absolute Gasteiger partial charge is 0.348 e. The van der Waals surface area contributed by atoms with E-state index in [0.29, 0.717) is 5.57 Å². The lowest BCUT2D eigenvalue weighted by Crippen LogP contribution is -2.80. The average Bonchev–Trinajstić information content (AvgIpc) is 3.08. The van der Waals surface area contributed by atoms with Gasteiger partial charge in [-0.2, -0.15) is 0 Å². The standard InChI is InChI=1S/C23H28O11/c1-8-5-11(25)17(27)21(3)10(8)6-12-22-7-32-23(20(30)31-4,18(28)13(26)15(21)22)16(22)14(19(29)34-12)33-9(2)24/h5,10,12-18,26-28H,6-7H2,1-4H3/t10-,12+,13+,14+,15+,16+,17+,18-,21-,22+,23-/m0/s1. The first-order valence-electron chi connectivity index (χ1n) is 11.2. The Bertz CT molecular complexity index is 1020. The van der Waals surface area contributed by atoms with Gasteiger partial charge in [0.25, 0.3) is 0 Å². The Morgan fingerprint density at radius 2 is 1.85 bits per heavy atom. The molecule has 0 unspecified atom stereocenters. The summed E-state index contributed by atoms with van der Waals surface area (Å²) in [6, 6.07) is 0. The van der Waals surface area contributed by atoms with E-state index in [9.17, 15) is 34.5 Å². The van der Waals surface area contributed by atoms with Crippen LogP contribution < -0.4 is 0 Å². The molecule has 0 radical (unpaired) electrons. The maximum Gasteiger partial charge on any atom is 0.348 e. The molecule has 11 atom stereocenters. The van der Waals surface area contributed by atoms with Crippen LogP contribution in [0.15, 0.2) is 11.6 Å². The summed E-state index contributed by atoms with van der Waals surface area (Å²) in [4.78, 5) is 50.9. The summed E-state index contributed by atoms with van der Waals surface area (Å²) < 4.78 is 22.0. The Balaban J connectivity index is 1.80. The molecule has 34 heavy (non-hydrogen) atoms. The number of allylic oxidation sites excluding steroid dienone is 1. The van der Waals surface area contributed by atoms with Gasteiger partial charge in [0.2, 0.25) is 11.7 Å². The van der Waals surface area contributed by atoms with Gasteiger partial charge in [0.05, 0.1) is 25.7 Å². The zero-order valence-corrected chi connectivity index (χ0v) is 19.2. The molecule has 2 heterocycles. The third kappa shape index (κ3) is 2.40. The minimum Gasteiger partial charge on any atom is -0.467 e. The second kappa shape index (κ2) is 7.09. The van der Waals surface area contributed by atoms with Crippen molar-refractivity contribution < 1.29 is 53.4 Å². The molecule has 11 heteroatoms. The molecule has 0 amide bonds. The molecular weight excluding hydrogens is 452 g/mol. The van der Waals surface area contributed by atoms with Gasteiger partial charge in [0.1, 0.15) is 18.3 Å². The number of aliphatic hydroxyl groups excluding tert-OH is 3. The van der Waals surface area contributed by atoms with Crippen LogP contribution in [0.3, 0.4) is 0 Å². The van der Waals surface area contributed by atoms with Crippen LogP contribution in [-0.2, 0) is 38.1 Å². The molecule has 2 saturated heterocycles. The van der Waals surface area contributed by atoms with Crippen molar-refractivity contribution in [3.8, 4) is 0 Å². The van der Waals surface area contributed by atoms with Crippen molar-refractivity contribution in [3.63, 3.8) is 0 Å². The number of rotatable bonds is 2. The summed E-state index contributed by atoms with van der Waals surface area (Å²) in [5, 5.41) is 34.0. The number of hydrogen-bond acceptors (Lipinski definition) is 11. The number of methoxy groups -OCH3 is 1. The zero-order chi connectivity index (χ0) is 25.0. The molecule has 5 aliphatic rings. The van der Waals surface area contributed by atoms with Gasteiger partial charge in [-0.15, -0.1) is 0 Å². The van der Waals surface area contributed by atoms with Gasteiger partial charge < -0.3 is 34.3 Å². The first-order valence-corrected chi connectivity index (χ1v) is 11.2. The third-order valence-corrected chi connectivity index (χ3v) is 9.12. The van der Waals surface area contributed by atoms with E-state index < -0.39 is 88.4 Å². The van der Waals surface area contributed by atoms with Crippen LogP contribution in [0.1, 0.15) is 27.2 Å². The largest absolute Gasteiger partial charge is 0.467 e. The molecule has 3 aliphatic carbocycles. The quantitative estimate of drug-likeness (QED) is 0.316. The summed E-state index contributed by atoms with van der Waals surface area (Å²) in [5.74, 6) is -6.12. The van der Waals surface area contributed by atoms with E-state index >= 15 is 0 Å². The van der Waals surface area contributed by atoms with Crippen LogP contribution in [0.5, 0.6) is 0 Å². The Hall–Kier alpha value is -2.34. The number of carbonyl (C=O) groups excluding carboxylic acids is 4. The predicted molar refractivity (Wildman–Crippen MR) is 109 cm³/mol. The molecular formula is C23H28O11. The van der Waals surface area contributed by atoms with Crippen LogP contribution >= 0.6 is 0 Å². The summed E-state index contributed by atoms with van der Waals surface area (Å²) in [5.41, 5.74) is -4.23. The second-order valence-corrected chi connectivity index (χ2v) is 10.4. The van der Waals surface area contributed by atoms with Crippen LogP contribution in [-0.4, -0.2) is 88.8 Å². The van der Waals surface area contributed by atoms with Crippen LogP contribution in [0.2, 0.25) is 0 Å². The second-order valence-electron chi connectivity index (χ2n) is 10.4. The van der Waals surface area contributed by atoms with Crippen molar-refractivity contribution in [2.45, 2.75) is 63.3 Å². The SMILES string of the molecule is COC(=O)[C@@]12OC[C@]34[C@H]([C@@H](O)[C@@H]1O)[C@@]1(C)[C@H](O)C(=O)C=C(C)[C@@H]1C[C@H]3OC(=O)[C@H](OC(C)=O)[C@@H]24. The van der Waals surface area contributed by atoms with Gasteiger partial charge in [-0.25, -0.2) is 9.59 Å². The molecule has 1 spiro atoms. The summed E-state index contributed by atoms with van der Waals surface area (Å²) in [7, 11) is 1.08. The number of aliphatic hydroxyl groups is 3. The van der Waals surface area contributed by atoms with Crippen molar-refractivity contribution in [2.24, 2.45) is 28.6 Å². The van der Waals surface area contributed by atoms with E-state index in [4.69, 9.17) is 18.9 Å². The fraction of sp³-hybridized carbons (Fsp3) is 0.739. The molecule has 0 aromatic heterocycles.